The molecular weight excluding hydrogens is 264 g/mol. The number of carbonyl (C=O) groups excluding carboxylic acids is 1. The summed E-state index contributed by atoms with van der Waals surface area (Å²) in [7, 11) is 0. The number of thioether (sulfide) groups is 1. The van der Waals surface area contributed by atoms with Gasteiger partial charge in [0.25, 0.3) is 0 Å². The SMILES string of the molecule is CSC1CCC(NC(=O)N[C@H](C(=O)O)C(C)(C)C)C1. The summed E-state index contributed by atoms with van der Waals surface area (Å²) < 4.78 is 0. The maximum absolute atomic E-state index is 11.9. The molecule has 0 bridgehead atoms. The molecule has 0 heterocycles. The highest BCUT2D eigenvalue weighted by molar-refractivity contribution is 7.99. The predicted octanol–water partition coefficient (Wildman–Crippen LogP) is 2.07. The van der Waals surface area contributed by atoms with Crippen molar-refractivity contribution in [2.24, 2.45) is 5.41 Å². The first-order chi connectivity index (χ1) is 8.74. The smallest absolute Gasteiger partial charge is 0.326 e. The first-order valence-corrected chi connectivity index (χ1v) is 7.85. The Kier molecular flexibility index (Phi) is 5.52. The lowest BCUT2D eigenvalue weighted by Crippen LogP contribution is -2.53. The van der Waals surface area contributed by atoms with E-state index in [-0.39, 0.29) is 12.1 Å². The average Bonchev–Trinajstić information content (AvgIpc) is 2.71. The number of amides is 2. The molecule has 0 spiro atoms. The lowest BCUT2D eigenvalue weighted by molar-refractivity contribution is -0.141. The molecule has 0 aromatic heterocycles. The number of hydrogen-bond donors (Lipinski definition) is 3. The van der Waals surface area contributed by atoms with Gasteiger partial charge in [-0.25, -0.2) is 9.59 Å². The van der Waals surface area contributed by atoms with Gasteiger partial charge in [-0.1, -0.05) is 20.8 Å². The summed E-state index contributed by atoms with van der Waals surface area (Å²) in [6.45, 7) is 5.39. The van der Waals surface area contributed by atoms with Crippen LogP contribution in [0.1, 0.15) is 40.0 Å². The first kappa shape index (κ1) is 16.1. The molecule has 0 aromatic carbocycles. The minimum atomic E-state index is -1.00. The van der Waals surface area contributed by atoms with E-state index in [1.807, 2.05) is 11.8 Å². The number of urea groups is 1. The van der Waals surface area contributed by atoms with Crippen LogP contribution in [0.3, 0.4) is 0 Å². The van der Waals surface area contributed by atoms with Gasteiger partial charge in [-0.15, -0.1) is 0 Å². The molecule has 0 saturated heterocycles. The van der Waals surface area contributed by atoms with Gasteiger partial charge >= 0.3 is 12.0 Å². The van der Waals surface area contributed by atoms with Crippen molar-refractivity contribution in [3.63, 3.8) is 0 Å². The molecule has 3 N–H and O–H groups in total. The highest BCUT2D eigenvalue weighted by Gasteiger charge is 2.33. The van der Waals surface area contributed by atoms with Gasteiger partial charge < -0.3 is 15.7 Å². The van der Waals surface area contributed by atoms with Crippen molar-refractivity contribution in [3.05, 3.63) is 0 Å². The summed E-state index contributed by atoms with van der Waals surface area (Å²) in [4.78, 5) is 23.0. The zero-order valence-corrected chi connectivity index (χ0v) is 12.8. The van der Waals surface area contributed by atoms with E-state index in [1.54, 1.807) is 20.8 Å². The van der Waals surface area contributed by atoms with Crippen LogP contribution in [-0.4, -0.2) is 40.7 Å². The molecule has 0 aromatic rings. The molecule has 0 radical (unpaired) electrons. The second-order valence-electron chi connectivity index (χ2n) is 6.12. The molecule has 2 amide bonds. The van der Waals surface area contributed by atoms with Crippen LogP contribution in [0.5, 0.6) is 0 Å². The molecule has 0 aliphatic heterocycles. The Hall–Kier alpha value is -0.910. The number of carbonyl (C=O) groups is 2. The van der Waals surface area contributed by atoms with Gasteiger partial charge in [-0.05, 0) is 30.9 Å². The fourth-order valence-corrected chi connectivity index (χ4v) is 3.09. The standard InChI is InChI=1S/C13H24N2O3S/c1-13(2,3)10(11(16)17)15-12(18)14-8-5-6-9(7-8)19-4/h8-10H,5-7H2,1-4H3,(H,16,17)(H2,14,15,18)/t8?,9?,10-/m1/s1. The van der Waals surface area contributed by atoms with Crippen LogP contribution >= 0.6 is 11.8 Å². The number of carboxylic acids is 1. The van der Waals surface area contributed by atoms with Crippen molar-refractivity contribution in [2.45, 2.75) is 57.4 Å². The first-order valence-electron chi connectivity index (χ1n) is 6.56. The van der Waals surface area contributed by atoms with Crippen molar-refractivity contribution in [2.75, 3.05) is 6.26 Å². The highest BCUT2D eigenvalue weighted by atomic mass is 32.2. The normalized spacial score (nSPS) is 24.8. The Morgan fingerprint density at radius 3 is 2.37 bits per heavy atom. The van der Waals surface area contributed by atoms with E-state index in [2.05, 4.69) is 16.9 Å². The molecule has 110 valence electrons. The summed E-state index contributed by atoms with van der Waals surface area (Å²) in [5.41, 5.74) is -0.513. The third kappa shape index (κ3) is 4.93. The Balaban J connectivity index is 2.48. The van der Waals surface area contributed by atoms with Crippen molar-refractivity contribution < 1.29 is 14.7 Å². The highest BCUT2D eigenvalue weighted by Crippen LogP contribution is 2.28. The number of carboxylic acid groups (broad SMARTS) is 1. The van der Waals surface area contributed by atoms with Crippen LogP contribution in [0.2, 0.25) is 0 Å². The number of nitrogens with one attached hydrogen (secondary N) is 2. The number of rotatable bonds is 4. The van der Waals surface area contributed by atoms with Gasteiger partial charge in [0.2, 0.25) is 0 Å². The Labute approximate surface area is 118 Å². The topological polar surface area (TPSA) is 78.4 Å². The third-order valence-corrected chi connectivity index (χ3v) is 4.54. The lowest BCUT2D eigenvalue weighted by Gasteiger charge is -2.28. The third-order valence-electron chi connectivity index (χ3n) is 3.44. The van der Waals surface area contributed by atoms with E-state index in [0.717, 1.165) is 19.3 Å². The molecule has 1 aliphatic carbocycles. The predicted molar refractivity (Wildman–Crippen MR) is 77.5 cm³/mol. The molecule has 2 unspecified atom stereocenters. The van der Waals surface area contributed by atoms with Gasteiger partial charge in [0.15, 0.2) is 0 Å². The quantitative estimate of drug-likeness (QED) is 0.740. The molecule has 5 nitrogen and oxygen atoms in total. The zero-order chi connectivity index (χ0) is 14.6. The summed E-state index contributed by atoms with van der Waals surface area (Å²) in [5, 5.41) is 15.2. The van der Waals surface area contributed by atoms with E-state index < -0.39 is 17.4 Å². The minimum Gasteiger partial charge on any atom is -0.480 e. The van der Waals surface area contributed by atoms with Crippen molar-refractivity contribution in [1.29, 1.82) is 0 Å². The molecular formula is C13H24N2O3S. The monoisotopic (exact) mass is 288 g/mol. The van der Waals surface area contributed by atoms with Crippen molar-refractivity contribution >= 4 is 23.8 Å². The maximum Gasteiger partial charge on any atom is 0.326 e. The molecule has 6 heteroatoms. The van der Waals surface area contributed by atoms with Crippen molar-refractivity contribution in [1.82, 2.24) is 10.6 Å². The molecule has 1 fully saturated rings. The van der Waals surface area contributed by atoms with Crippen molar-refractivity contribution in [3.8, 4) is 0 Å². The minimum absolute atomic E-state index is 0.159. The van der Waals surface area contributed by atoms with Crippen LogP contribution in [0.25, 0.3) is 0 Å². The van der Waals surface area contributed by atoms with Gasteiger partial charge in [-0.3, -0.25) is 0 Å². The Bertz CT molecular complexity index is 341. The van der Waals surface area contributed by atoms with E-state index in [4.69, 9.17) is 5.11 Å². The largest absolute Gasteiger partial charge is 0.480 e. The second-order valence-corrected chi connectivity index (χ2v) is 7.26. The Morgan fingerprint density at radius 1 is 1.32 bits per heavy atom. The van der Waals surface area contributed by atoms with Crippen LogP contribution in [0.15, 0.2) is 0 Å². The van der Waals surface area contributed by atoms with E-state index in [0.29, 0.717) is 5.25 Å². The summed E-state index contributed by atoms with van der Waals surface area (Å²) in [6, 6.07) is -1.11. The van der Waals surface area contributed by atoms with Gasteiger partial charge in [0, 0.05) is 11.3 Å². The molecule has 1 rings (SSSR count). The summed E-state index contributed by atoms with van der Waals surface area (Å²) in [6.07, 6.45) is 5.11. The molecule has 1 aliphatic rings. The summed E-state index contributed by atoms with van der Waals surface area (Å²) in [5.74, 6) is -1.00. The van der Waals surface area contributed by atoms with Crippen LogP contribution < -0.4 is 10.6 Å². The fraction of sp³-hybridized carbons (Fsp3) is 0.846. The van der Waals surface area contributed by atoms with E-state index in [1.165, 1.54) is 0 Å². The second kappa shape index (κ2) is 6.50. The Morgan fingerprint density at radius 2 is 1.95 bits per heavy atom. The average molecular weight is 288 g/mol. The molecule has 1 saturated carbocycles. The van der Waals surface area contributed by atoms with Gasteiger partial charge in [-0.2, -0.15) is 11.8 Å². The van der Waals surface area contributed by atoms with E-state index in [9.17, 15) is 9.59 Å². The number of hydrogen-bond acceptors (Lipinski definition) is 3. The van der Waals surface area contributed by atoms with E-state index >= 15 is 0 Å². The fourth-order valence-electron chi connectivity index (χ4n) is 2.29. The number of aliphatic carboxylic acids is 1. The van der Waals surface area contributed by atoms with Crippen LogP contribution in [0, 0.1) is 5.41 Å². The molecule has 19 heavy (non-hydrogen) atoms. The van der Waals surface area contributed by atoms with Gasteiger partial charge in [0.05, 0.1) is 0 Å². The molecule has 3 atom stereocenters. The zero-order valence-electron chi connectivity index (χ0n) is 12.0. The summed E-state index contributed by atoms with van der Waals surface area (Å²) >= 11 is 1.82. The van der Waals surface area contributed by atoms with Crippen LogP contribution in [-0.2, 0) is 4.79 Å². The van der Waals surface area contributed by atoms with Crippen LogP contribution in [0.4, 0.5) is 4.79 Å². The maximum atomic E-state index is 11.9. The van der Waals surface area contributed by atoms with Gasteiger partial charge in [0.1, 0.15) is 6.04 Å². The lowest BCUT2D eigenvalue weighted by atomic mass is 9.87.